The van der Waals surface area contributed by atoms with Gasteiger partial charge in [0.1, 0.15) is 30.5 Å². The Morgan fingerprint density at radius 2 is 1.14 bits per heavy atom. The molecule has 526 valence electrons. The number of allylic oxidation sites excluding steroid dienone is 6. The van der Waals surface area contributed by atoms with Gasteiger partial charge in [-0.15, -0.1) is 0 Å². The predicted molar refractivity (Wildman–Crippen MR) is 377 cm³/mol. The van der Waals surface area contributed by atoms with Crippen LogP contribution in [0.15, 0.2) is 46.6 Å². The van der Waals surface area contributed by atoms with Crippen molar-refractivity contribution in [2.24, 2.45) is 17.8 Å². The van der Waals surface area contributed by atoms with Crippen molar-refractivity contribution in [3.8, 4) is 0 Å². The Labute approximate surface area is 554 Å². The minimum atomic E-state index is -2.47. The summed E-state index contributed by atoms with van der Waals surface area (Å²) in [5, 5.41) is 24.3. The fourth-order valence-corrected chi connectivity index (χ4v) is 17.3. The van der Waals surface area contributed by atoms with Crippen LogP contribution < -0.4 is 0 Å². The van der Waals surface area contributed by atoms with Gasteiger partial charge in [-0.05, 0) is 152 Å². The summed E-state index contributed by atoms with van der Waals surface area (Å²) in [6.45, 7) is 61.4. The Hall–Kier alpha value is -1.22. The van der Waals surface area contributed by atoms with E-state index in [1.165, 1.54) is 12.7 Å². The van der Waals surface area contributed by atoms with Crippen LogP contribution in [0.2, 0.25) is 72.5 Å². The third-order valence-electron chi connectivity index (χ3n) is 21.8. The molecule has 3 rings (SSSR count). The number of esters is 1. The van der Waals surface area contributed by atoms with Gasteiger partial charge in [-0.2, -0.15) is 0 Å². The summed E-state index contributed by atoms with van der Waals surface area (Å²) in [5.41, 5.74) is 3.47. The Balaban J connectivity index is 2.34. The smallest absolute Gasteiger partial charge is 0.334 e. The van der Waals surface area contributed by atoms with Gasteiger partial charge in [0.15, 0.2) is 39.6 Å². The quantitative estimate of drug-likeness (QED) is 0.0711. The minimum Gasteiger partial charge on any atom is -0.456 e. The maximum Gasteiger partial charge on any atom is 0.334 e. The van der Waals surface area contributed by atoms with Crippen LogP contribution in [0.25, 0.3) is 0 Å². The van der Waals surface area contributed by atoms with E-state index in [1.807, 2.05) is 19.9 Å². The van der Waals surface area contributed by atoms with Crippen LogP contribution in [0.4, 0.5) is 0 Å². The average Bonchev–Trinajstić information content (AvgIpc) is 1.39. The van der Waals surface area contributed by atoms with Crippen molar-refractivity contribution in [3.63, 3.8) is 0 Å². The molecule has 3 aliphatic rings. The predicted octanol–water partition coefficient (Wildman–Crippen LogP) is 16.6. The van der Waals surface area contributed by atoms with E-state index in [0.29, 0.717) is 12.0 Å². The van der Waals surface area contributed by atoms with Gasteiger partial charge in [-0.25, -0.2) is 4.79 Å². The highest BCUT2D eigenvalue weighted by Crippen LogP contribution is 2.50. The fourth-order valence-electron chi connectivity index (χ4n) is 11.8. The molecule has 0 amide bonds. The molecule has 0 bridgehead atoms. The fraction of sp³-hybridized carbons (Fsp3) is 0.873. The van der Waals surface area contributed by atoms with E-state index in [9.17, 15) is 15.0 Å². The molecule has 2 N–H and O–H groups in total. The highest BCUT2D eigenvalue weighted by molar-refractivity contribution is 6.75. The number of carbonyl (C=O) groups is 1. The normalized spacial score (nSPS) is 34.6. The highest BCUT2D eigenvalue weighted by atomic mass is 28.4. The molecule has 0 aliphatic carbocycles. The van der Waals surface area contributed by atoms with Gasteiger partial charge in [0.25, 0.3) is 0 Å². The zero-order chi connectivity index (χ0) is 69.3. The molecule has 15 nitrogen and oxygen atoms in total. The summed E-state index contributed by atoms with van der Waals surface area (Å²) in [4.78, 5) is 15.0. The van der Waals surface area contributed by atoms with Crippen LogP contribution >= 0.6 is 0 Å². The molecule has 0 saturated carbocycles. The van der Waals surface area contributed by atoms with Crippen LogP contribution in [-0.2, 0) is 60.4 Å². The Kier molecular flexibility index (Phi) is 30.8. The van der Waals surface area contributed by atoms with Gasteiger partial charge in [-0.1, -0.05) is 139 Å². The second kappa shape index (κ2) is 33.4. The van der Waals surface area contributed by atoms with Crippen LogP contribution in [0.3, 0.4) is 0 Å². The Morgan fingerprint density at radius 3 is 1.64 bits per heavy atom. The van der Waals surface area contributed by atoms with Crippen molar-refractivity contribution in [2.75, 3.05) is 35.0 Å². The number of aliphatic hydroxyl groups is 2. The molecule has 19 heteroatoms. The lowest BCUT2D eigenvalue weighted by molar-refractivity contribution is -0.370. The molecule has 0 spiro atoms. The van der Waals surface area contributed by atoms with E-state index in [0.717, 1.165) is 43.3 Å². The minimum absolute atomic E-state index is 0.0648. The lowest BCUT2D eigenvalue weighted by atomic mass is 9.76. The van der Waals surface area contributed by atoms with Gasteiger partial charge in [0.2, 0.25) is 5.79 Å². The molecule has 3 heterocycles. The van der Waals surface area contributed by atoms with E-state index in [4.69, 9.17) is 55.6 Å². The molecule has 0 aromatic carbocycles. The molecule has 17 atom stereocenters. The summed E-state index contributed by atoms with van der Waals surface area (Å²) < 4.78 is 82.5. The molecule has 0 radical (unpaired) electrons. The maximum absolute atomic E-state index is 15.0. The van der Waals surface area contributed by atoms with E-state index < -0.39 is 112 Å². The lowest BCUT2D eigenvalue weighted by Crippen LogP contribution is -2.68. The molecule has 3 aliphatic heterocycles. The van der Waals surface area contributed by atoms with E-state index >= 15 is 0 Å². The zero-order valence-electron chi connectivity index (χ0n) is 63.1. The number of rotatable bonds is 19. The standard InChI is InChI=1S/C71H136O15Si4/c1-46-36-33-34-38-56(83-87(25,26)67(9,10)11)58(76-22)44-59(64(73)71(78-24)52(7)60(84-88(27,28)68(12,13)14)51(6)57(82-71)43-54(72)45-75-21)80-65(74)50(5)42-48(3)40-47(2)41-49(4)55(39-35-37-46)81-66-63(86-90(31,32)70(18,19)20)62(61(77-23)53(8)79-66)85-89(29,30)69(15,16)17/h36,40-42,49,51-64,66,72-73H,33-35,37-39,43-45H2,1-32H3/b46-36-,47-41+,48-40+,50-42+/t49-,51+,52-,53+,54+,55?,56+,57-,58+,59+,60-,61+,62+,63+,64+,66+,71-/m1/s1. The summed E-state index contributed by atoms with van der Waals surface area (Å²) >= 11 is 0. The number of ether oxygens (including phenoxy) is 8. The molecule has 1 unspecified atom stereocenters. The first-order valence-electron chi connectivity index (χ1n) is 34.1. The zero-order valence-corrected chi connectivity index (χ0v) is 67.1. The van der Waals surface area contributed by atoms with Gasteiger partial charge in [0.05, 0.1) is 49.3 Å². The number of hydrogen-bond acceptors (Lipinski definition) is 15. The molecule has 0 aromatic rings. The van der Waals surface area contributed by atoms with Crippen molar-refractivity contribution in [1.82, 2.24) is 0 Å². The summed E-state index contributed by atoms with van der Waals surface area (Å²) in [6, 6.07) is 0. The van der Waals surface area contributed by atoms with Gasteiger partial charge < -0.3 is 65.8 Å². The molecular formula is C71H136O15Si4. The topological polar surface area (TPSA) is 168 Å². The van der Waals surface area contributed by atoms with Crippen LogP contribution in [0.5, 0.6) is 0 Å². The second-order valence-electron chi connectivity index (χ2n) is 33.4. The van der Waals surface area contributed by atoms with Gasteiger partial charge in [0, 0.05) is 64.6 Å². The van der Waals surface area contributed by atoms with Gasteiger partial charge >= 0.3 is 5.97 Å². The monoisotopic (exact) mass is 1340 g/mol. The largest absolute Gasteiger partial charge is 0.456 e. The van der Waals surface area contributed by atoms with Gasteiger partial charge in [-0.3, -0.25) is 0 Å². The number of cyclic esters (lactones) is 1. The number of methoxy groups -OCH3 is 4. The number of hydrogen-bond donors (Lipinski definition) is 2. The average molecular weight is 1340 g/mol. The van der Waals surface area contributed by atoms with Crippen molar-refractivity contribution in [1.29, 1.82) is 0 Å². The highest BCUT2D eigenvalue weighted by Gasteiger charge is 2.61. The molecule has 0 aromatic heterocycles. The van der Waals surface area contributed by atoms with Crippen LogP contribution in [-0.4, -0.2) is 170 Å². The Bertz CT molecular complexity index is 2360. The molecular weight excluding hydrogens is 1210 g/mol. The Morgan fingerprint density at radius 1 is 0.633 bits per heavy atom. The summed E-state index contributed by atoms with van der Waals surface area (Å²) in [6.07, 6.45) is 5.04. The molecule has 90 heavy (non-hydrogen) atoms. The SMILES string of the molecule is COC[C@@H](O)C[C@H]1O[C@@](OC)([C@@H](O)[C@@H]2C[C@H](OC)[C@@H](O[Si](C)(C)C(C)(C)C)CCC/C=C(/C)CCCC(O[C@@H]3O[C@@H](C)[C@H](OC)[C@H](O[Si](C)(C)C(C)(C)C)[C@@H]3O[Si](C)(C)C(C)(C)C)[C@H](C)/C=C(C)/C=C(C)/C=C(\C)C(=O)O2)[C@H](C)[C@H](O[Si](C)(C)C(C)(C)C)[C@H]1C. The summed E-state index contributed by atoms with van der Waals surface area (Å²) in [7, 11) is -3.26. The number of aliphatic hydroxyl groups excluding tert-OH is 2. The first-order valence-corrected chi connectivity index (χ1v) is 45.7. The van der Waals surface area contributed by atoms with E-state index in [1.54, 1.807) is 28.3 Å². The third-order valence-corrected chi connectivity index (χ3v) is 39.7. The lowest BCUT2D eigenvalue weighted by Gasteiger charge is -2.56. The summed E-state index contributed by atoms with van der Waals surface area (Å²) in [5.74, 6) is -3.26. The van der Waals surface area contributed by atoms with E-state index in [-0.39, 0.29) is 69.7 Å². The number of carbonyl (C=O) groups excluding carboxylic acids is 1. The first kappa shape index (κ1) is 83.0. The first-order chi connectivity index (χ1) is 41.0. The van der Waals surface area contributed by atoms with Crippen LogP contribution in [0, 0.1) is 17.8 Å². The second-order valence-corrected chi connectivity index (χ2v) is 52.4. The third kappa shape index (κ3) is 21.9. The molecule has 2 fully saturated rings. The van der Waals surface area contributed by atoms with Crippen molar-refractivity contribution in [3.05, 3.63) is 46.6 Å². The van der Waals surface area contributed by atoms with E-state index in [2.05, 4.69) is 188 Å². The van der Waals surface area contributed by atoms with Crippen LogP contribution in [0.1, 0.15) is 190 Å². The van der Waals surface area contributed by atoms with Crippen molar-refractivity contribution >= 4 is 39.2 Å². The molecule has 2 saturated heterocycles. The maximum atomic E-state index is 15.0. The van der Waals surface area contributed by atoms with Crippen molar-refractivity contribution < 1.29 is 70.6 Å². The van der Waals surface area contributed by atoms with Crippen molar-refractivity contribution in [2.45, 2.75) is 348 Å².